The van der Waals surface area contributed by atoms with E-state index in [1.807, 2.05) is 24.3 Å². The number of rotatable bonds is 3. The maximum atomic E-state index is 10.6. The molecule has 1 aromatic heterocycles. The monoisotopic (exact) mass is 478 g/mol. The summed E-state index contributed by atoms with van der Waals surface area (Å²) in [5.74, 6) is -3.34. The molecule has 0 spiro atoms. The Bertz CT molecular complexity index is 842. The Kier molecular flexibility index (Phi) is 6.86. The molecule has 0 radical (unpaired) electrons. The van der Waals surface area contributed by atoms with Crippen LogP contribution < -0.4 is 9.79 Å². The largest absolute Gasteiger partial charge is 0.542 e. The lowest BCUT2D eigenvalue weighted by Gasteiger charge is -2.03. The quantitative estimate of drug-likeness (QED) is 0.387. The molecule has 1 heterocycles. The molecule has 7 nitrogen and oxygen atoms in total. The van der Waals surface area contributed by atoms with Gasteiger partial charge in [-0.15, -0.1) is 0 Å². The van der Waals surface area contributed by atoms with Gasteiger partial charge in [-0.05, 0) is 28.7 Å². The van der Waals surface area contributed by atoms with E-state index in [1.165, 1.54) is 4.68 Å². The molecule has 1 N–H and O–H groups in total. The summed E-state index contributed by atoms with van der Waals surface area (Å²) in [6.07, 6.45) is -3.50. The summed E-state index contributed by atoms with van der Waals surface area (Å²) in [5.41, 5.74) is 0.825. The zero-order chi connectivity index (χ0) is 18.5. The molecule has 0 amide bonds. The van der Waals surface area contributed by atoms with Crippen molar-refractivity contribution in [2.24, 2.45) is 0 Å². The second kappa shape index (κ2) is 8.02. The number of hydrogen-bond donors (Lipinski definition) is 1. The van der Waals surface area contributed by atoms with E-state index in [-0.39, 0.29) is 12.3 Å². The highest BCUT2D eigenvalue weighted by Gasteiger charge is 2.28. The minimum Gasteiger partial charge on any atom is -0.542 e. The Hall–Kier alpha value is -1.54. The summed E-state index contributed by atoms with van der Waals surface area (Å²) in [6, 6.07) is 7.68. The molecule has 0 fully saturated rings. The predicted octanol–water partition coefficient (Wildman–Crippen LogP) is 0.313. The first-order valence-electron chi connectivity index (χ1n) is 6.08. The van der Waals surface area contributed by atoms with Gasteiger partial charge in [0, 0.05) is 20.1 Å². The van der Waals surface area contributed by atoms with Crippen LogP contribution in [0.4, 0.5) is 13.2 Å². The highest BCUT2D eigenvalue weighted by Crippen LogP contribution is 2.16. The maximum absolute atomic E-state index is 10.6. The van der Waals surface area contributed by atoms with Crippen molar-refractivity contribution in [3.8, 4) is 0 Å². The van der Waals surface area contributed by atoms with Crippen LogP contribution in [0.15, 0.2) is 30.5 Å². The van der Waals surface area contributed by atoms with Gasteiger partial charge in [0.1, 0.15) is 11.7 Å². The molecule has 0 saturated carbocycles. The minimum absolute atomic E-state index is 0.139. The summed E-state index contributed by atoms with van der Waals surface area (Å²) in [7, 11) is -3.95. The van der Waals surface area contributed by atoms with E-state index in [2.05, 4.69) is 27.7 Å². The molecular weight excluding hydrogens is 468 g/mol. The minimum atomic E-state index is -5.19. The Labute approximate surface area is 148 Å². The zero-order valence-corrected chi connectivity index (χ0v) is 14.7. The number of aliphatic carboxylic acids is 1. The first-order chi connectivity index (χ1) is 10.9. The summed E-state index contributed by atoms with van der Waals surface area (Å²) >= 11 is 2.18. The smallest absolute Gasteiger partial charge is 0.430 e. The number of carboxylic acid groups (broad SMARTS) is 1. The number of fused-ring (bicyclic) bond motifs is 1. The van der Waals surface area contributed by atoms with Crippen molar-refractivity contribution < 1.29 is 40.7 Å². The fraction of sp³-hybridized carbons (Fsp3) is 0.250. The fourth-order valence-corrected chi connectivity index (χ4v) is 2.48. The molecule has 0 aliphatic carbocycles. The predicted molar refractivity (Wildman–Crippen MR) is 82.1 cm³/mol. The lowest BCUT2D eigenvalue weighted by atomic mass is 10.2. The number of nitrogens with zero attached hydrogens (tertiary/aromatic N) is 2. The van der Waals surface area contributed by atoms with Crippen molar-refractivity contribution >= 4 is 49.6 Å². The van der Waals surface area contributed by atoms with E-state index in [9.17, 15) is 21.6 Å². The lowest BCUT2D eigenvalue weighted by Crippen LogP contribution is -2.40. The van der Waals surface area contributed by atoms with E-state index >= 15 is 0 Å². The topological polar surface area (TPSA) is 111 Å². The van der Waals surface area contributed by atoms with Gasteiger partial charge in [0.2, 0.25) is 0 Å². The summed E-state index contributed by atoms with van der Waals surface area (Å²) < 4.78 is 64.0. The second-order valence-corrected chi connectivity index (χ2v) is 7.06. The van der Waals surface area contributed by atoms with Crippen molar-refractivity contribution in [1.82, 2.24) is 5.10 Å². The molecule has 0 aliphatic rings. The number of benzene rings is 1. The highest BCUT2D eigenvalue weighted by molar-refractivity contribution is 14.1. The van der Waals surface area contributed by atoms with E-state index in [4.69, 9.17) is 14.5 Å². The molecule has 0 atom stereocenters. The van der Waals surface area contributed by atoms with Gasteiger partial charge in [-0.1, -0.05) is 16.8 Å². The van der Waals surface area contributed by atoms with Gasteiger partial charge in [0.05, 0.1) is 0 Å². The molecule has 132 valence electrons. The number of alkyl halides is 3. The molecule has 0 aliphatic heterocycles. The van der Waals surface area contributed by atoms with E-state index in [0.29, 0.717) is 0 Å². The van der Waals surface area contributed by atoms with Crippen LogP contribution >= 0.6 is 22.6 Å². The van der Waals surface area contributed by atoms with E-state index < -0.39 is 22.3 Å². The third kappa shape index (κ3) is 6.92. The Morgan fingerprint density at radius 1 is 1.33 bits per heavy atom. The third-order valence-corrected chi connectivity index (χ3v) is 4.05. The first-order valence-corrected chi connectivity index (χ1v) is 8.77. The normalized spacial score (nSPS) is 11.7. The van der Waals surface area contributed by atoms with Crippen molar-refractivity contribution in [3.63, 3.8) is 0 Å². The van der Waals surface area contributed by atoms with Crippen LogP contribution in [0.5, 0.6) is 0 Å². The van der Waals surface area contributed by atoms with Crippen LogP contribution in [0.3, 0.4) is 0 Å². The number of aromatic nitrogens is 2. The second-order valence-electron chi connectivity index (χ2n) is 4.33. The van der Waals surface area contributed by atoms with Gasteiger partial charge in [0.25, 0.3) is 10.1 Å². The number of aryl methyl sites for hydroxylation is 1. The van der Waals surface area contributed by atoms with Gasteiger partial charge in [-0.25, -0.2) is 0 Å². The number of carbonyl (C=O) groups excluding carboxylic acids is 1. The van der Waals surface area contributed by atoms with Crippen LogP contribution in [0.25, 0.3) is 10.9 Å². The number of carboxylic acids is 1. The number of hydrogen-bond acceptors (Lipinski definition) is 5. The van der Waals surface area contributed by atoms with Gasteiger partial charge in [0.15, 0.2) is 18.3 Å². The molecule has 0 saturated heterocycles. The van der Waals surface area contributed by atoms with Crippen LogP contribution in [-0.4, -0.2) is 36.0 Å². The molecule has 24 heavy (non-hydrogen) atoms. The van der Waals surface area contributed by atoms with Crippen LogP contribution in [0.2, 0.25) is 0 Å². The first kappa shape index (κ1) is 20.5. The van der Waals surface area contributed by atoms with E-state index in [1.54, 1.807) is 6.20 Å². The van der Waals surface area contributed by atoms with Crippen molar-refractivity contribution in [2.45, 2.75) is 12.7 Å². The lowest BCUT2D eigenvalue weighted by molar-refractivity contribution is -0.747. The fourth-order valence-electron chi connectivity index (χ4n) is 1.43. The van der Waals surface area contributed by atoms with Crippen LogP contribution in [-0.2, 0) is 21.5 Å². The van der Waals surface area contributed by atoms with Crippen molar-refractivity contribution in [2.75, 3.05) is 5.75 Å². The van der Waals surface area contributed by atoms with Gasteiger partial charge < -0.3 is 9.90 Å². The molecular formula is C12H10F3IN2O5S. The van der Waals surface area contributed by atoms with Crippen LogP contribution in [0.1, 0.15) is 0 Å². The van der Waals surface area contributed by atoms with Crippen LogP contribution in [0, 0.1) is 3.57 Å². The summed E-state index contributed by atoms with van der Waals surface area (Å²) in [4.78, 5) is 8.78. The number of halogens is 4. The summed E-state index contributed by atoms with van der Waals surface area (Å²) in [5, 5.41) is 14.1. The zero-order valence-electron chi connectivity index (χ0n) is 11.7. The Balaban J connectivity index is 0.000000351. The van der Waals surface area contributed by atoms with Crippen molar-refractivity contribution in [1.29, 1.82) is 0 Å². The molecule has 0 bridgehead atoms. The molecule has 12 heteroatoms. The Morgan fingerprint density at radius 2 is 1.92 bits per heavy atom. The molecule has 2 rings (SSSR count). The maximum Gasteiger partial charge on any atom is 0.430 e. The molecule has 0 unspecified atom stereocenters. The molecule has 2 aromatic rings. The number of carbonyl (C=O) groups is 1. The molecule has 1 aromatic carbocycles. The Morgan fingerprint density at radius 3 is 2.42 bits per heavy atom. The van der Waals surface area contributed by atoms with Gasteiger partial charge >= 0.3 is 6.18 Å². The standard InChI is InChI=1S/C10H9IN2O3S.C2HF3O2/c11-9-3-1-2-8-4-5-13(12-10(8)9)6-7-17(14,15)16;3-2(4,5)1(6)7/h1-5H,6-7H2;(H,6,7). The van der Waals surface area contributed by atoms with Gasteiger partial charge in [-0.2, -0.15) is 21.6 Å². The van der Waals surface area contributed by atoms with Gasteiger partial charge in [-0.3, -0.25) is 4.55 Å². The average molecular weight is 478 g/mol. The average Bonchev–Trinajstić information content (AvgIpc) is 2.44. The van der Waals surface area contributed by atoms with Crippen molar-refractivity contribution in [3.05, 3.63) is 34.0 Å². The highest BCUT2D eigenvalue weighted by atomic mass is 127. The summed E-state index contributed by atoms with van der Waals surface area (Å²) in [6.45, 7) is 0.139. The SMILES string of the molecule is O=C([O-])C(F)(F)F.O=S(=O)(O)CC[n+]1ccc2cccc(I)c2n1. The van der Waals surface area contributed by atoms with E-state index in [0.717, 1.165) is 14.5 Å². The third-order valence-electron chi connectivity index (χ3n) is 2.48.